The lowest BCUT2D eigenvalue weighted by Gasteiger charge is -2.45. The van der Waals surface area contributed by atoms with Crippen molar-refractivity contribution >= 4 is 0 Å². The van der Waals surface area contributed by atoms with Gasteiger partial charge in [-0.25, -0.2) is 0 Å². The Bertz CT molecular complexity index is 865. The van der Waals surface area contributed by atoms with Crippen molar-refractivity contribution in [2.45, 2.75) is 123 Å². The standard InChI is InChI=1S/C23H44N4O15/c24-2-7-12(31)14(33)10(27)21(37-7)40-18-6(26)1-5(25)11(30)20(18)42-23-17(36)19(9(4-29)39-23)41-22-16(35)15(34)13(32)8(3-28)38-22/h5-23,28-36H,1-4,24-27H2/p+3. The van der Waals surface area contributed by atoms with E-state index in [1.54, 1.807) is 0 Å². The molecule has 3 heterocycles. The van der Waals surface area contributed by atoms with Crippen molar-refractivity contribution < 1.29 is 91.6 Å². The molecule has 0 spiro atoms. The van der Waals surface area contributed by atoms with Crippen LogP contribution < -0.4 is 22.9 Å². The molecule has 19 atom stereocenters. The van der Waals surface area contributed by atoms with Crippen molar-refractivity contribution in [3.8, 4) is 0 Å². The van der Waals surface area contributed by atoms with Gasteiger partial charge in [-0.15, -0.1) is 0 Å². The van der Waals surface area contributed by atoms with Crippen LogP contribution in [-0.4, -0.2) is 182 Å². The minimum atomic E-state index is -1.78. The molecule has 42 heavy (non-hydrogen) atoms. The molecule has 19 unspecified atom stereocenters. The van der Waals surface area contributed by atoms with E-state index in [1.807, 2.05) is 0 Å². The van der Waals surface area contributed by atoms with Crippen LogP contribution >= 0.6 is 0 Å². The Kier molecular flexibility index (Phi) is 11.5. The second-order valence-corrected chi connectivity index (χ2v) is 11.3. The van der Waals surface area contributed by atoms with E-state index < -0.39 is 130 Å². The van der Waals surface area contributed by atoms with Crippen molar-refractivity contribution in [1.82, 2.24) is 0 Å². The lowest BCUT2D eigenvalue weighted by Crippen LogP contribution is -2.81. The Labute approximate surface area is 240 Å². The lowest BCUT2D eigenvalue weighted by atomic mass is 9.84. The van der Waals surface area contributed by atoms with Gasteiger partial charge < -0.3 is 97.3 Å². The van der Waals surface area contributed by atoms with Gasteiger partial charge in [0.25, 0.3) is 0 Å². The van der Waals surface area contributed by atoms with Gasteiger partial charge in [-0.1, -0.05) is 0 Å². The van der Waals surface area contributed by atoms with Crippen molar-refractivity contribution in [3.63, 3.8) is 0 Å². The Morgan fingerprint density at radius 3 is 1.74 bits per heavy atom. The molecule has 0 bridgehead atoms. The second-order valence-electron chi connectivity index (χ2n) is 11.3. The molecule has 0 aromatic rings. The summed E-state index contributed by atoms with van der Waals surface area (Å²) in [5.74, 6) is 0. The molecular weight excluding hydrogens is 572 g/mol. The molecule has 0 aromatic heterocycles. The molecule has 0 radical (unpaired) electrons. The van der Waals surface area contributed by atoms with Crippen molar-refractivity contribution in [2.24, 2.45) is 5.73 Å². The topological polar surface area (TPSA) is 346 Å². The van der Waals surface area contributed by atoms with Crippen LogP contribution in [0.3, 0.4) is 0 Å². The van der Waals surface area contributed by atoms with Crippen molar-refractivity contribution in [1.29, 1.82) is 0 Å². The van der Waals surface area contributed by atoms with E-state index in [4.69, 9.17) is 34.2 Å². The fourth-order valence-electron chi connectivity index (χ4n) is 5.80. The first-order valence-electron chi connectivity index (χ1n) is 14.0. The monoisotopic (exact) mass is 619 g/mol. The van der Waals surface area contributed by atoms with Crippen LogP contribution in [0.4, 0.5) is 0 Å². The summed E-state index contributed by atoms with van der Waals surface area (Å²) < 4.78 is 34.5. The largest absolute Gasteiger partial charge is 0.394 e. The van der Waals surface area contributed by atoms with Crippen molar-refractivity contribution in [3.05, 3.63) is 0 Å². The minimum Gasteiger partial charge on any atom is -0.394 e. The van der Waals surface area contributed by atoms with Gasteiger partial charge >= 0.3 is 0 Å². The summed E-state index contributed by atoms with van der Waals surface area (Å²) in [4.78, 5) is 0. The van der Waals surface area contributed by atoms with E-state index in [0.717, 1.165) is 0 Å². The number of aliphatic hydroxyl groups excluding tert-OH is 9. The van der Waals surface area contributed by atoms with E-state index in [1.165, 1.54) is 0 Å². The molecular formula is C23H47N4O15+3. The molecule has 4 fully saturated rings. The van der Waals surface area contributed by atoms with E-state index in [0.29, 0.717) is 0 Å². The molecule has 0 aromatic carbocycles. The highest BCUT2D eigenvalue weighted by molar-refractivity contribution is 5.00. The second kappa shape index (κ2) is 14.1. The van der Waals surface area contributed by atoms with Gasteiger partial charge in [-0.05, 0) is 0 Å². The molecule has 4 aliphatic rings. The summed E-state index contributed by atoms with van der Waals surface area (Å²) >= 11 is 0. The molecule has 19 heteroatoms. The number of hydrogen-bond acceptors (Lipinski definition) is 16. The molecule has 1 aliphatic carbocycles. The maximum Gasteiger partial charge on any atom is 0.214 e. The maximum atomic E-state index is 11.1. The molecule has 19 nitrogen and oxygen atoms in total. The maximum absolute atomic E-state index is 11.1. The molecule has 3 aliphatic heterocycles. The van der Waals surface area contributed by atoms with Crippen LogP contribution in [0.2, 0.25) is 0 Å². The van der Waals surface area contributed by atoms with Crippen LogP contribution in [0.25, 0.3) is 0 Å². The molecule has 1 saturated carbocycles. The Morgan fingerprint density at radius 2 is 1.12 bits per heavy atom. The lowest BCUT2D eigenvalue weighted by molar-refractivity contribution is -0.516. The quantitative estimate of drug-likeness (QED) is 0.114. The third-order valence-corrected chi connectivity index (χ3v) is 8.45. The number of hydrogen-bond donors (Lipinski definition) is 13. The summed E-state index contributed by atoms with van der Waals surface area (Å²) in [7, 11) is 0. The number of quaternary nitrogens is 3. The summed E-state index contributed by atoms with van der Waals surface area (Å²) in [6.45, 7) is -1.28. The zero-order valence-electron chi connectivity index (χ0n) is 23.0. The summed E-state index contributed by atoms with van der Waals surface area (Å²) in [5, 5.41) is 92.6. The Morgan fingerprint density at radius 1 is 0.595 bits per heavy atom. The first-order valence-corrected chi connectivity index (χ1v) is 14.0. The van der Waals surface area contributed by atoms with Gasteiger partial charge in [0.1, 0.15) is 91.9 Å². The van der Waals surface area contributed by atoms with Gasteiger partial charge in [0.15, 0.2) is 18.6 Å². The summed E-state index contributed by atoms with van der Waals surface area (Å²) in [6, 6.07) is -2.35. The minimum absolute atomic E-state index is 0.117. The zero-order chi connectivity index (χ0) is 31.0. The number of ether oxygens (including phenoxy) is 6. The Balaban J connectivity index is 1.50. The number of aliphatic hydroxyl groups is 9. The van der Waals surface area contributed by atoms with Gasteiger partial charge in [0, 0.05) is 12.5 Å². The number of nitrogens with two attached hydrogens (primary N) is 1. The first kappa shape index (κ1) is 34.1. The highest BCUT2D eigenvalue weighted by Crippen LogP contribution is 2.34. The first-order chi connectivity index (χ1) is 19.8. The predicted molar refractivity (Wildman–Crippen MR) is 131 cm³/mol. The predicted octanol–water partition coefficient (Wildman–Crippen LogP) is -11.0. The average molecular weight is 620 g/mol. The molecule has 0 amide bonds. The summed E-state index contributed by atoms with van der Waals surface area (Å²) in [5.41, 5.74) is 17.8. The highest BCUT2D eigenvalue weighted by Gasteiger charge is 2.55. The fourth-order valence-corrected chi connectivity index (χ4v) is 5.80. The van der Waals surface area contributed by atoms with Crippen LogP contribution in [0.5, 0.6) is 0 Å². The van der Waals surface area contributed by atoms with Crippen LogP contribution in [0.1, 0.15) is 6.42 Å². The van der Waals surface area contributed by atoms with Crippen LogP contribution in [0.15, 0.2) is 0 Å². The third-order valence-electron chi connectivity index (χ3n) is 8.45. The van der Waals surface area contributed by atoms with Gasteiger partial charge in [0.2, 0.25) is 6.29 Å². The van der Waals surface area contributed by atoms with Crippen LogP contribution in [0, 0.1) is 0 Å². The van der Waals surface area contributed by atoms with E-state index in [-0.39, 0.29) is 13.0 Å². The van der Waals surface area contributed by atoms with Crippen molar-refractivity contribution in [2.75, 3.05) is 19.8 Å². The summed E-state index contributed by atoms with van der Waals surface area (Å²) in [6.07, 6.45) is -21.9. The molecule has 246 valence electrons. The fraction of sp³-hybridized carbons (Fsp3) is 1.00. The highest BCUT2D eigenvalue weighted by atomic mass is 16.8. The molecule has 20 N–H and O–H groups in total. The van der Waals surface area contributed by atoms with Crippen LogP contribution in [-0.2, 0) is 28.4 Å². The molecule has 4 rings (SSSR count). The van der Waals surface area contributed by atoms with Gasteiger partial charge in [-0.2, -0.15) is 0 Å². The van der Waals surface area contributed by atoms with E-state index in [9.17, 15) is 46.0 Å². The van der Waals surface area contributed by atoms with Gasteiger partial charge in [0.05, 0.1) is 13.2 Å². The third kappa shape index (κ3) is 6.60. The van der Waals surface area contributed by atoms with E-state index in [2.05, 4.69) is 17.2 Å². The average Bonchev–Trinajstić information content (AvgIpc) is 3.27. The SMILES string of the molecule is NC1CC([NH3+])C(O)C(OC2OC(CO)C(OC3OC(CO)C(O)C(O)C3O)C2O)C1OC1OC(C[NH3+])C(O)C(O)C1[NH3+]. The van der Waals surface area contributed by atoms with E-state index >= 15 is 0 Å². The molecule has 3 saturated heterocycles. The zero-order valence-corrected chi connectivity index (χ0v) is 23.0. The van der Waals surface area contributed by atoms with Gasteiger partial charge in [-0.3, -0.25) is 0 Å². The smallest absolute Gasteiger partial charge is 0.214 e. The normalized spacial score (nSPS) is 53.8. The Hall–Kier alpha value is -0.760. The number of rotatable bonds is 9.